The molecule has 0 radical (unpaired) electrons. The summed E-state index contributed by atoms with van der Waals surface area (Å²) in [5.41, 5.74) is 0.941. The number of aryl methyl sites for hydroxylation is 1. The largest absolute Gasteiger partial charge is 0.250 e. The van der Waals surface area contributed by atoms with Crippen LogP contribution in [0.1, 0.15) is 9.75 Å². The van der Waals surface area contributed by atoms with Gasteiger partial charge in [0, 0.05) is 19.8 Å². The zero-order valence-corrected chi connectivity index (χ0v) is 14.3. The second-order valence-electron chi connectivity index (χ2n) is 4.37. The Labute approximate surface area is 139 Å². The van der Waals surface area contributed by atoms with Crippen molar-refractivity contribution in [3.8, 4) is 11.4 Å². The molecular weight excluding hydrogens is 368 g/mol. The van der Waals surface area contributed by atoms with Crippen molar-refractivity contribution in [2.24, 2.45) is 5.10 Å². The van der Waals surface area contributed by atoms with E-state index in [0.717, 1.165) is 14.9 Å². The second-order valence-corrected chi connectivity index (χ2v) is 6.99. The van der Waals surface area contributed by atoms with Gasteiger partial charge in [0.1, 0.15) is 0 Å². The average molecular weight is 379 g/mol. The topological polar surface area (TPSA) is 46.0 Å². The monoisotopic (exact) mass is 378 g/mol. The van der Waals surface area contributed by atoms with Gasteiger partial charge in [-0.2, -0.15) is 14.9 Å². The van der Waals surface area contributed by atoms with Gasteiger partial charge in [0.25, 0.3) is 0 Å². The van der Waals surface area contributed by atoms with Gasteiger partial charge in [0.2, 0.25) is 4.77 Å². The molecule has 0 saturated carbocycles. The van der Waals surface area contributed by atoms with E-state index in [0.29, 0.717) is 10.6 Å². The summed E-state index contributed by atoms with van der Waals surface area (Å²) >= 11 is 10.4. The molecule has 106 valence electrons. The Bertz CT molecular complexity index is 860. The van der Waals surface area contributed by atoms with Gasteiger partial charge in [-0.3, -0.25) is 0 Å². The number of rotatable bonds is 3. The molecule has 1 N–H and O–H groups in total. The summed E-state index contributed by atoms with van der Waals surface area (Å²) in [5, 5.41) is 11.5. The first-order valence-corrected chi connectivity index (χ1v) is 8.19. The van der Waals surface area contributed by atoms with Crippen molar-refractivity contribution < 1.29 is 0 Å². The van der Waals surface area contributed by atoms with Crippen LogP contribution < -0.4 is 0 Å². The fourth-order valence-corrected chi connectivity index (χ4v) is 3.17. The fraction of sp³-hybridized carbons (Fsp3) is 0.0714. The number of aromatic nitrogens is 3. The smallest absolute Gasteiger partial charge is 0.216 e. The molecule has 7 heteroatoms. The summed E-state index contributed by atoms with van der Waals surface area (Å²) in [5.74, 6) is 0.686. The number of aromatic amines is 1. The van der Waals surface area contributed by atoms with E-state index in [1.54, 1.807) is 22.2 Å². The molecule has 21 heavy (non-hydrogen) atoms. The lowest BCUT2D eigenvalue weighted by Crippen LogP contribution is -1.94. The van der Waals surface area contributed by atoms with Crippen molar-refractivity contribution >= 4 is 45.7 Å². The first kappa shape index (κ1) is 14.4. The minimum atomic E-state index is 0.467. The molecule has 0 amide bonds. The summed E-state index contributed by atoms with van der Waals surface area (Å²) < 4.78 is 3.08. The Morgan fingerprint density at radius 2 is 2.24 bits per heavy atom. The number of thiophene rings is 1. The maximum absolute atomic E-state index is 5.25. The number of hydrogen-bond acceptors (Lipinski definition) is 4. The van der Waals surface area contributed by atoms with Crippen LogP contribution in [-0.4, -0.2) is 21.1 Å². The number of benzene rings is 1. The highest BCUT2D eigenvalue weighted by Gasteiger charge is 2.08. The number of halogens is 1. The molecule has 0 atom stereocenters. The van der Waals surface area contributed by atoms with Crippen molar-refractivity contribution in [3.63, 3.8) is 0 Å². The standard InChI is InChI=1S/C14H11BrN4S2/c1-9-5-6-12(21-9)8-16-19-13(17-18-14(19)20)10-3-2-4-11(15)7-10/h2-8H,1H3,(H,18,20)/b16-8-. The number of H-pyrrole nitrogens is 1. The van der Waals surface area contributed by atoms with Crippen LogP contribution in [0.3, 0.4) is 0 Å². The lowest BCUT2D eigenvalue weighted by atomic mass is 10.2. The normalized spacial score (nSPS) is 11.3. The zero-order valence-electron chi connectivity index (χ0n) is 11.1. The van der Waals surface area contributed by atoms with Crippen LogP contribution >= 0.6 is 39.5 Å². The van der Waals surface area contributed by atoms with E-state index in [9.17, 15) is 0 Å². The Morgan fingerprint density at radius 1 is 1.38 bits per heavy atom. The molecule has 0 bridgehead atoms. The predicted octanol–water partition coefficient (Wildman–Crippen LogP) is 4.62. The summed E-state index contributed by atoms with van der Waals surface area (Å²) in [4.78, 5) is 2.33. The van der Waals surface area contributed by atoms with E-state index in [2.05, 4.69) is 44.2 Å². The van der Waals surface area contributed by atoms with Crippen molar-refractivity contribution in [3.05, 3.63) is 55.4 Å². The van der Waals surface area contributed by atoms with Gasteiger partial charge in [-0.05, 0) is 43.4 Å². The van der Waals surface area contributed by atoms with Gasteiger partial charge in [0.05, 0.1) is 6.21 Å². The van der Waals surface area contributed by atoms with Crippen LogP contribution in [0, 0.1) is 11.7 Å². The lowest BCUT2D eigenvalue weighted by molar-refractivity contribution is 0.872. The van der Waals surface area contributed by atoms with E-state index in [-0.39, 0.29) is 0 Å². The van der Waals surface area contributed by atoms with Gasteiger partial charge < -0.3 is 0 Å². The minimum Gasteiger partial charge on any atom is -0.250 e. The first-order chi connectivity index (χ1) is 10.1. The SMILES string of the molecule is Cc1ccc(/C=N\n2c(-c3cccc(Br)c3)n[nH]c2=S)s1. The molecule has 0 fully saturated rings. The molecule has 0 unspecified atom stereocenters. The molecule has 0 aliphatic carbocycles. The molecular formula is C14H11BrN4S2. The number of nitrogens with zero attached hydrogens (tertiary/aromatic N) is 3. The molecule has 4 nitrogen and oxygen atoms in total. The van der Waals surface area contributed by atoms with Crippen LogP contribution in [0.15, 0.2) is 46.0 Å². The second kappa shape index (κ2) is 6.05. The molecule has 2 heterocycles. The van der Waals surface area contributed by atoms with Crippen LogP contribution in [0.25, 0.3) is 11.4 Å². The number of hydrogen-bond donors (Lipinski definition) is 1. The maximum Gasteiger partial charge on any atom is 0.216 e. The third-order valence-electron chi connectivity index (χ3n) is 2.79. The van der Waals surface area contributed by atoms with Crippen molar-refractivity contribution in [1.29, 1.82) is 0 Å². The van der Waals surface area contributed by atoms with E-state index in [1.807, 2.05) is 30.3 Å². The van der Waals surface area contributed by atoms with E-state index >= 15 is 0 Å². The predicted molar refractivity (Wildman–Crippen MR) is 92.6 cm³/mol. The van der Waals surface area contributed by atoms with E-state index in [1.165, 1.54) is 4.88 Å². The molecule has 0 aliphatic heterocycles. The van der Waals surface area contributed by atoms with Gasteiger partial charge in [-0.25, -0.2) is 5.10 Å². The van der Waals surface area contributed by atoms with E-state index in [4.69, 9.17) is 12.2 Å². The van der Waals surface area contributed by atoms with Gasteiger partial charge in [-0.1, -0.05) is 28.1 Å². The average Bonchev–Trinajstić information content (AvgIpc) is 3.03. The van der Waals surface area contributed by atoms with Crippen molar-refractivity contribution in [2.45, 2.75) is 6.92 Å². The highest BCUT2D eigenvalue weighted by molar-refractivity contribution is 9.10. The van der Waals surface area contributed by atoms with Crippen LogP contribution in [0.5, 0.6) is 0 Å². The van der Waals surface area contributed by atoms with Gasteiger partial charge >= 0.3 is 0 Å². The molecule has 0 saturated heterocycles. The third kappa shape index (κ3) is 3.20. The Kier molecular flexibility index (Phi) is 4.14. The van der Waals surface area contributed by atoms with Gasteiger partial charge in [-0.15, -0.1) is 11.3 Å². The summed E-state index contributed by atoms with van der Waals surface area (Å²) in [6, 6.07) is 12.0. The quantitative estimate of drug-likeness (QED) is 0.533. The minimum absolute atomic E-state index is 0.467. The highest BCUT2D eigenvalue weighted by atomic mass is 79.9. The summed E-state index contributed by atoms with van der Waals surface area (Å²) in [7, 11) is 0. The van der Waals surface area contributed by atoms with Gasteiger partial charge in [0.15, 0.2) is 5.82 Å². The first-order valence-electron chi connectivity index (χ1n) is 6.17. The molecule has 3 rings (SSSR count). The van der Waals surface area contributed by atoms with Crippen molar-refractivity contribution in [2.75, 3.05) is 0 Å². The molecule has 3 aromatic rings. The summed E-state index contributed by atoms with van der Waals surface area (Å²) in [6.45, 7) is 2.07. The Morgan fingerprint density at radius 3 is 2.95 bits per heavy atom. The zero-order chi connectivity index (χ0) is 14.8. The molecule has 2 aromatic heterocycles. The Balaban J connectivity index is 2.01. The molecule has 0 aliphatic rings. The van der Waals surface area contributed by atoms with E-state index < -0.39 is 0 Å². The lowest BCUT2D eigenvalue weighted by Gasteiger charge is -2.01. The van der Waals surface area contributed by atoms with Crippen molar-refractivity contribution in [1.82, 2.24) is 14.9 Å². The molecule has 0 spiro atoms. The summed E-state index contributed by atoms with van der Waals surface area (Å²) in [6.07, 6.45) is 1.80. The van der Waals surface area contributed by atoms with Crippen LogP contribution in [-0.2, 0) is 0 Å². The van der Waals surface area contributed by atoms with Crippen LogP contribution in [0.4, 0.5) is 0 Å². The van der Waals surface area contributed by atoms with Crippen LogP contribution in [0.2, 0.25) is 0 Å². The number of nitrogens with one attached hydrogen (secondary N) is 1. The third-order valence-corrected chi connectivity index (χ3v) is 4.49. The fourth-order valence-electron chi connectivity index (χ4n) is 1.85. The highest BCUT2D eigenvalue weighted by Crippen LogP contribution is 2.21. The Hall–Kier alpha value is -1.57. The maximum atomic E-state index is 5.25. The molecule has 1 aromatic carbocycles.